The molecule has 0 unspecified atom stereocenters. The Morgan fingerprint density at radius 3 is 2.52 bits per heavy atom. The van der Waals surface area contributed by atoms with Crippen molar-refractivity contribution in [2.45, 2.75) is 6.92 Å². The Labute approximate surface area is 119 Å². The van der Waals surface area contributed by atoms with Gasteiger partial charge >= 0.3 is 0 Å². The van der Waals surface area contributed by atoms with E-state index in [4.69, 9.17) is 0 Å². The molecule has 3 rings (SSSR count). The molecule has 1 aromatic heterocycles. The SMILES string of the molecule is Cc1[nH]c2c(F)cccc2c1C(=O)Nc1ccccc1F. The molecule has 0 aliphatic rings. The number of halogens is 2. The van der Waals surface area contributed by atoms with Gasteiger partial charge in [0.25, 0.3) is 5.91 Å². The van der Waals surface area contributed by atoms with E-state index in [-0.39, 0.29) is 11.2 Å². The summed E-state index contributed by atoms with van der Waals surface area (Å²) >= 11 is 0. The number of aromatic amines is 1. The zero-order chi connectivity index (χ0) is 15.0. The Kier molecular flexibility index (Phi) is 3.17. The molecule has 3 nitrogen and oxygen atoms in total. The summed E-state index contributed by atoms with van der Waals surface area (Å²) in [6, 6.07) is 10.4. The molecule has 0 spiro atoms. The predicted molar refractivity (Wildman–Crippen MR) is 77.3 cm³/mol. The van der Waals surface area contributed by atoms with Crippen LogP contribution in [-0.2, 0) is 0 Å². The van der Waals surface area contributed by atoms with Crippen LogP contribution in [0.3, 0.4) is 0 Å². The Morgan fingerprint density at radius 2 is 1.76 bits per heavy atom. The fraction of sp³-hybridized carbons (Fsp3) is 0.0625. The predicted octanol–water partition coefficient (Wildman–Crippen LogP) is 4.01. The van der Waals surface area contributed by atoms with E-state index in [1.165, 1.54) is 30.3 Å². The summed E-state index contributed by atoms with van der Waals surface area (Å²) in [7, 11) is 0. The Hall–Kier alpha value is -2.69. The van der Waals surface area contributed by atoms with E-state index >= 15 is 0 Å². The van der Waals surface area contributed by atoms with Crippen molar-refractivity contribution in [3.63, 3.8) is 0 Å². The van der Waals surface area contributed by atoms with Crippen LogP contribution in [0.25, 0.3) is 10.9 Å². The summed E-state index contributed by atoms with van der Waals surface area (Å²) < 4.78 is 27.3. The molecule has 1 heterocycles. The van der Waals surface area contributed by atoms with Crippen molar-refractivity contribution >= 4 is 22.5 Å². The second-order valence-corrected chi connectivity index (χ2v) is 4.72. The molecule has 2 N–H and O–H groups in total. The highest BCUT2D eigenvalue weighted by atomic mass is 19.1. The zero-order valence-corrected chi connectivity index (χ0v) is 11.2. The molecular weight excluding hydrogens is 274 g/mol. The summed E-state index contributed by atoms with van der Waals surface area (Å²) in [4.78, 5) is 15.2. The largest absolute Gasteiger partial charge is 0.356 e. The number of anilines is 1. The summed E-state index contributed by atoms with van der Waals surface area (Å²) in [6.07, 6.45) is 0. The highest BCUT2D eigenvalue weighted by Crippen LogP contribution is 2.25. The Balaban J connectivity index is 2.05. The number of rotatable bonds is 2. The molecule has 0 bridgehead atoms. The minimum Gasteiger partial charge on any atom is -0.356 e. The van der Waals surface area contributed by atoms with Crippen molar-refractivity contribution in [2.24, 2.45) is 0 Å². The lowest BCUT2D eigenvalue weighted by Crippen LogP contribution is -2.13. The van der Waals surface area contributed by atoms with Crippen LogP contribution >= 0.6 is 0 Å². The monoisotopic (exact) mass is 286 g/mol. The number of aromatic nitrogens is 1. The maximum Gasteiger partial charge on any atom is 0.258 e. The molecule has 0 saturated carbocycles. The van der Waals surface area contributed by atoms with Crippen molar-refractivity contribution in [3.8, 4) is 0 Å². The number of aryl methyl sites for hydroxylation is 1. The van der Waals surface area contributed by atoms with Gasteiger partial charge in [-0.25, -0.2) is 8.78 Å². The fourth-order valence-corrected chi connectivity index (χ4v) is 2.35. The first-order valence-electron chi connectivity index (χ1n) is 6.40. The standard InChI is InChI=1S/C16H12F2N2O/c1-9-14(10-5-4-7-12(18)15(10)19-9)16(21)20-13-8-3-2-6-11(13)17/h2-8,19H,1H3,(H,20,21). The van der Waals surface area contributed by atoms with Crippen molar-refractivity contribution < 1.29 is 13.6 Å². The van der Waals surface area contributed by atoms with Crippen molar-refractivity contribution in [3.05, 3.63) is 65.4 Å². The maximum atomic E-state index is 13.7. The normalized spacial score (nSPS) is 10.8. The van der Waals surface area contributed by atoms with Gasteiger partial charge in [-0.05, 0) is 25.1 Å². The molecule has 0 radical (unpaired) electrons. The maximum absolute atomic E-state index is 13.7. The van der Waals surface area contributed by atoms with Gasteiger partial charge in [0.1, 0.15) is 11.6 Å². The highest BCUT2D eigenvalue weighted by molar-refractivity contribution is 6.14. The number of nitrogens with one attached hydrogen (secondary N) is 2. The van der Waals surface area contributed by atoms with E-state index in [1.54, 1.807) is 19.1 Å². The first-order valence-corrected chi connectivity index (χ1v) is 6.40. The molecule has 106 valence electrons. The third-order valence-corrected chi connectivity index (χ3v) is 3.32. The van der Waals surface area contributed by atoms with Crippen LogP contribution in [-0.4, -0.2) is 10.9 Å². The summed E-state index contributed by atoms with van der Waals surface area (Å²) in [5.41, 5.74) is 1.21. The van der Waals surface area contributed by atoms with Crippen LogP contribution in [0.5, 0.6) is 0 Å². The number of amides is 1. The number of carbonyl (C=O) groups excluding carboxylic acids is 1. The molecule has 2 aromatic carbocycles. The smallest absolute Gasteiger partial charge is 0.258 e. The number of carbonyl (C=O) groups is 1. The molecule has 0 atom stereocenters. The first kappa shape index (κ1) is 13.3. The van der Waals surface area contributed by atoms with E-state index in [1.807, 2.05) is 0 Å². The number of fused-ring (bicyclic) bond motifs is 1. The van der Waals surface area contributed by atoms with E-state index < -0.39 is 17.5 Å². The lowest BCUT2D eigenvalue weighted by atomic mass is 10.1. The van der Waals surface area contributed by atoms with Crippen molar-refractivity contribution in [1.29, 1.82) is 0 Å². The summed E-state index contributed by atoms with van der Waals surface area (Å²) in [5.74, 6) is -1.43. The van der Waals surface area contributed by atoms with Gasteiger partial charge in [-0.15, -0.1) is 0 Å². The Bertz CT molecular complexity index is 839. The summed E-state index contributed by atoms with van der Waals surface area (Å²) in [5, 5.41) is 2.98. The molecular formula is C16H12F2N2O. The van der Waals surface area contributed by atoms with Gasteiger partial charge in [-0.2, -0.15) is 0 Å². The van der Waals surface area contributed by atoms with Crippen LogP contribution < -0.4 is 5.32 Å². The minimum absolute atomic E-state index is 0.0904. The van der Waals surface area contributed by atoms with Gasteiger partial charge in [0, 0.05) is 11.1 Å². The topological polar surface area (TPSA) is 44.9 Å². The average molecular weight is 286 g/mol. The third kappa shape index (κ3) is 2.27. The average Bonchev–Trinajstić information content (AvgIpc) is 2.79. The Morgan fingerprint density at radius 1 is 1.05 bits per heavy atom. The number of benzene rings is 2. The van der Waals surface area contributed by atoms with E-state index in [0.717, 1.165) is 0 Å². The van der Waals surface area contributed by atoms with E-state index in [2.05, 4.69) is 10.3 Å². The molecule has 5 heteroatoms. The van der Waals surface area contributed by atoms with Gasteiger partial charge in [0.2, 0.25) is 0 Å². The molecule has 21 heavy (non-hydrogen) atoms. The van der Waals surface area contributed by atoms with Gasteiger partial charge < -0.3 is 10.3 Å². The molecule has 0 aliphatic carbocycles. The molecule has 0 saturated heterocycles. The molecule has 0 fully saturated rings. The number of para-hydroxylation sites is 2. The van der Waals surface area contributed by atoms with Crippen LogP contribution in [0, 0.1) is 18.6 Å². The van der Waals surface area contributed by atoms with Crippen molar-refractivity contribution in [1.82, 2.24) is 4.98 Å². The first-order chi connectivity index (χ1) is 10.1. The van der Waals surface area contributed by atoms with Crippen LogP contribution in [0.1, 0.15) is 16.1 Å². The molecule has 3 aromatic rings. The number of hydrogen-bond acceptors (Lipinski definition) is 1. The zero-order valence-electron chi connectivity index (χ0n) is 11.2. The lowest BCUT2D eigenvalue weighted by molar-refractivity contribution is 0.102. The number of H-pyrrole nitrogens is 1. The van der Waals surface area contributed by atoms with E-state index in [9.17, 15) is 13.6 Å². The van der Waals surface area contributed by atoms with Gasteiger partial charge in [-0.3, -0.25) is 4.79 Å². The minimum atomic E-state index is -0.519. The second-order valence-electron chi connectivity index (χ2n) is 4.72. The fourth-order valence-electron chi connectivity index (χ4n) is 2.35. The van der Waals surface area contributed by atoms with E-state index in [0.29, 0.717) is 16.6 Å². The number of hydrogen-bond donors (Lipinski definition) is 2. The summed E-state index contributed by atoms with van der Waals surface area (Å²) in [6.45, 7) is 1.68. The lowest BCUT2D eigenvalue weighted by Gasteiger charge is -2.06. The van der Waals surface area contributed by atoms with Gasteiger partial charge in [0.05, 0.1) is 16.8 Å². The third-order valence-electron chi connectivity index (χ3n) is 3.32. The highest BCUT2D eigenvalue weighted by Gasteiger charge is 2.18. The molecule has 0 aliphatic heterocycles. The second kappa shape index (κ2) is 5.01. The van der Waals surface area contributed by atoms with Crippen LogP contribution in [0.2, 0.25) is 0 Å². The van der Waals surface area contributed by atoms with Crippen LogP contribution in [0.15, 0.2) is 42.5 Å². The van der Waals surface area contributed by atoms with Gasteiger partial charge in [-0.1, -0.05) is 24.3 Å². The molecule has 1 amide bonds. The van der Waals surface area contributed by atoms with Crippen molar-refractivity contribution in [2.75, 3.05) is 5.32 Å². The van der Waals surface area contributed by atoms with Crippen LogP contribution in [0.4, 0.5) is 14.5 Å². The van der Waals surface area contributed by atoms with Gasteiger partial charge in [0.15, 0.2) is 0 Å². The quantitative estimate of drug-likeness (QED) is 0.734.